The highest BCUT2D eigenvalue weighted by atomic mass is 35.5. The molecule has 1 aliphatic carbocycles. The monoisotopic (exact) mass is 248 g/mol. The molecule has 0 aromatic carbocycles. The number of nitrogens with zero attached hydrogens (tertiary/aromatic N) is 1. The van der Waals surface area contributed by atoms with E-state index in [0.29, 0.717) is 5.22 Å². The van der Waals surface area contributed by atoms with Crippen LogP contribution in [0, 0.1) is 5.92 Å². The number of fused-ring (bicyclic) bond motifs is 1. The van der Waals surface area contributed by atoms with E-state index in [2.05, 4.69) is 17.4 Å². The predicted molar refractivity (Wildman–Crippen MR) is 68.6 cm³/mol. The summed E-state index contributed by atoms with van der Waals surface area (Å²) in [5, 5.41) is 4.84. The Hall–Kier alpha value is -0.990. The summed E-state index contributed by atoms with van der Waals surface area (Å²) in [5.74, 6) is 1.67. The highest BCUT2D eigenvalue weighted by Crippen LogP contribution is 2.31. The van der Waals surface area contributed by atoms with Crippen LogP contribution in [0.4, 0.5) is 0 Å². The number of hydrogen-bond donors (Lipinski definition) is 0. The van der Waals surface area contributed by atoms with E-state index in [1.165, 1.54) is 18.4 Å². The molecule has 89 valence electrons. The van der Waals surface area contributed by atoms with Crippen molar-refractivity contribution in [1.82, 2.24) is 5.32 Å². The summed E-state index contributed by atoms with van der Waals surface area (Å²) in [6, 6.07) is 8.14. The maximum absolute atomic E-state index is 5.84. The molecule has 3 rings (SSSR count). The molecule has 3 heteroatoms. The van der Waals surface area contributed by atoms with Crippen molar-refractivity contribution >= 4 is 11.6 Å². The van der Waals surface area contributed by atoms with Crippen LogP contribution in [0.3, 0.4) is 0 Å². The van der Waals surface area contributed by atoms with Crippen LogP contribution in [0.2, 0.25) is 5.22 Å². The van der Waals surface area contributed by atoms with Crippen LogP contribution < -0.4 is 5.32 Å². The van der Waals surface area contributed by atoms with Gasteiger partial charge in [0.2, 0.25) is 0 Å². The summed E-state index contributed by atoms with van der Waals surface area (Å²) < 4.78 is 5.48. The van der Waals surface area contributed by atoms with Crippen molar-refractivity contribution in [2.24, 2.45) is 5.92 Å². The maximum Gasteiger partial charge on any atom is 0.193 e. The van der Waals surface area contributed by atoms with Gasteiger partial charge in [-0.2, -0.15) is 0 Å². The van der Waals surface area contributed by atoms with E-state index in [1.54, 1.807) is 6.07 Å². The maximum atomic E-state index is 5.84. The van der Waals surface area contributed by atoms with Crippen molar-refractivity contribution in [3.63, 3.8) is 0 Å². The fourth-order valence-corrected chi connectivity index (χ4v) is 2.68. The molecular weight excluding hydrogens is 234 g/mol. The van der Waals surface area contributed by atoms with Gasteiger partial charge < -0.3 is 4.42 Å². The molecule has 17 heavy (non-hydrogen) atoms. The number of halogens is 1. The minimum absolute atomic E-state index is 0.450. The Bertz CT molecular complexity index is 473. The van der Waals surface area contributed by atoms with E-state index in [4.69, 9.17) is 16.0 Å². The van der Waals surface area contributed by atoms with Crippen molar-refractivity contribution in [3.05, 3.63) is 35.0 Å². The van der Waals surface area contributed by atoms with Crippen molar-refractivity contribution < 1.29 is 4.42 Å². The van der Waals surface area contributed by atoms with Crippen LogP contribution in [0.25, 0.3) is 11.3 Å². The van der Waals surface area contributed by atoms with Crippen LogP contribution in [-0.2, 0) is 6.42 Å². The highest BCUT2D eigenvalue weighted by molar-refractivity contribution is 6.28. The summed E-state index contributed by atoms with van der Waals surface area (Å²) in [6.07, 6.45) is 3.58. The first-order chi connectivity index (χ1) is 8.31. The third-order valence-electron chi connectivity index (χ3n) is 3.46. The number of rotatable bonds is 2. The largest absolute Gasteiger partial charge is 0.445 e. The van der Waals surface area contributed by atoms with Gasteiger partial charge in [-0.25, -0.2) is 5.32 Å². The molecule has 0 aromatic heterocycles. The lowest BCUT2D eigenvalue weighted by atomic mass is 9.92. The molecule has 0 bridgehead atoms. The van der Waals surface area contributed by atoms with Gasteiger partial charge in [0, 0.05) is 18.7 Å². The first-order valence-electron chi connectivity index (χ1n) is 6.12. The molecule has 0 saturated carbocycles. The second kappa shape index (κ2) is 4.71. The van der Waals surface area contributed by atoms with E-state index in [-0.39, 0.29) is 0 Å². The third-order valence-corrected chi connectivity index (χ3v) is 3.66. The first kappa shape index (κ1) is 11.1. The van der Waals surface area contributed by atoms with E-state index in [1.807, 2.05) is 6.07 Å². The van der Waals surface area contributed by atoms with Crippen LogP contribution in [-0.4, -0.2) is 13.1 Å². The molecule has 2 aliphatic heterocycles. The van der Waals surface area contributed by atoms with Gasteiger partial charge in [-0.05, 0) is 66.6 Å². The quantitative estimate of drug-likeness (QED) is 0.798. The highest BCUT2D eigenvalue weighted by Gasteiger charge is 2.17. The summed E-state index contributed by atoms with van der Waals surface area (Å²) in [7, 11) is 0. The molecular formula is C14H15ClNO. The molecule has 0 N–H and O–H groups in total. The topological polar surface area (TPSA) is 27.2 Å². The molecule has 0 aromatic rings. The Morgan fingerprint density at radius 2 is 2.06 bits per heavy atom. The zero-order valence-corrected chi connectivity index (χ0v) is 10.4. The lowest BCUT2D eigenvalue weighted by Crippen LogP contribution is -2.23. The predicted octanol–water partition coefficient (Wildman–Crippen LogP) is 3.59. The van der Waals surface area contributed by atoms with Crippen molar-refractivity contribution in [1.29, 1.82) is 0 Å². The van der Waals surface area contributed by atoms with E-state index >= 15 is 0 Å². The molecule has 1 radical (unpaired) electrons. The summed E-state index contributed by atoms with van der Waals surface area (Å²) in [6.45, 7) is 2.06. The SMILES string of the molecule is Clc1ccc2cc(CC3CC[N]CC3)cc-2o1. The normalized spacial score (nSPS) is 17.7. The lowest BCUT2D eigenvalue weighted by Gasteiger charge is -2.20. The zero-order chi connectivity index (χ0) is 11.7. The summed E-state index contributed by atoms with van der Waals surface area (Å²) in [4.78, 5) is 0. The fourth-order valence-electron chi connectivity index (χ4n) is 2.54. The molecule has 3 aliphatic rings. The number of piperidine rings is 1. The Balaban J connectivity index is 1.79. The molecule has 2 nitrogen and oxygen atoms in total. The van der Waals surface area contributed by atoms with Gasteiger partial charge in [-0.15, -0.1) is 0 Å². The van der Waals surface area contributed by atoms with Gasteiger partial charge in [-0.3, -0.25) is 0 Å². The molecule has 0 spiro atoms. The molecule has 0 amide bonds. The Labute approximate surface area is 106 Å². The molecule has 0 atom stereocenters. The second-order valence-corrected chi connectivity index (χ2v) is 5.11. The van der Waals surface area contributed by atoms with Crippen molar-refractivity contribution in [2.45, 2.75) is 19.3 Å². The van der Waals surface area contributed by atoms with Gasteiger partial charge in [0.1, 0.15) is 5.76 Å². The Morgan fingerprint density at radius 1 is 1.24 bits per heavy atom. The summed E-state index contributed by atoms with van der Waals surface area (Å²) in [5.41, 5.74) is 2.50. The van der Waals surface area contributed by atoms with E-state index in [0.717, 1.165) is 36.8 Å². The van der Waals surface area contributed by atoms with Gasteiger partial charge in [-0.1, -0.05) is 0 Å². The molecule has 1 fully saturated rings. The number of hydrogen-bond acceptors (Lipinski definition) is 1. The fraction of sp³-hybridized carbons (Fsp3) is 0.429. The van der Waals surface area contributed by atoms with Gasteiger partial charge in [0.15, 0.2) is 5.22 Å². The third kappa shape index (κ3) is 2.48. The first-order valence-corrected chi connectivity index (χ1v) is 6.50. The zero-order valence-electron chi connectivity index (χ0n) is 9.66. The lowest BCUT2D eigenvalue weighted by molar-refractivity contribution is 0.368. The standard InChI is InChI=1S/C14H15ClNO/c15-14-2-1-12-8-11(9-13(12)17-14)7-10-3-5-16-6-4-10/h1-2,8-10H,3-7H2. The Kier molecular flexibility index (Phi) is 3.08. The van der Waals surface area contributed by atoms with Crippen LogP contribution in [0.5, 0.6) is 0 Å². The summed E-state index contributed by atoms with van der Waals surface area (Å²) >= 11 is 5.84. The van der Waals surface area contributed by atoms with Crippen LogP contribution >= 0.6 is 11.6 Å². The minimum atomic E-state index is 0.450. The van der Waals surface area contributed by atoms with Crippen LogP contribution in [0.15, 0.2) is 28.7 Å². The van der Waals surface area contributed by atoms with Crippen molar-refractivity contribution in [2.75, 3.05) is 13.1 Å². The molecule has 2 heterocycles. The van der Waals surface area contributed by atoms with Crippen LogP contribution in [0.1, 0.15) is 18.4 Å². The minimum Gasteiger partial charge on any atom is -0.445 e. The smallest absolute Gasteiger partial charge is 0.193 e. The van der Waals surface area contributed by atoms with Gasteiger partial charge >= 0.3 is 0 Å². The van der Waals surface area contributed by atoms with Gasteiger partial charge in [0.25, 0.3) is 0 Å². The average Bonchev–Trinajstić information content (AvgIpc) is 2.71. The molecule has 1 saturated heterocycles. The van der Waals surface area contributed by atoms with Crippen molar-refractivity contribution in [3.8, 4) is 11.3 Å². The van der Waals surface area contributed by atoms with Gasteiger partial charge in [0.05, 0.1) is 0 Å². The average molecular weight is 249 g/mol. The Morgan fingerprint density at radius 3 is 2.88 bits per heavy atom. The van der Waals surface area contributed by atoms with E-state index in [9.17, 15) is 0 Å². The second-order valence-electron chi connectivity index (χ2n) is 4.74. The molecule has 0 unspecified atom stereocenters. The van der Waals surface area contributed by atoms with E-state index < -0.39 is 0 Å².